The lowest BCUT2D eigenvalue weighted by atomic mass is 10.1. The van der Waals surface area contributed by atoms with Crippen LogP contribution in [-0.2, 0) is 11.8 Å². The van der Waals surface area contributed by atoms with Gasteiger partial charge in [0.1, 0.15) is 17.8 Å². The van der Waals surface area contributed by atoms with Crippen molar-refractivity contribution >= 4 is 63.0 Å². The summed E-state index contributed by atoms with van der Waals surface area (Å²) in [5, 5.41) is 13.4. The van der Waals surface area contributed by atoms with E-state index in [2.05, 4.69) is 31.0 Å². The number of pyridine rings is 1. The average Bonchev–Trinajstić information content (AvgIpc) is 3.50. The molecule has 1 fully saturated rings. The number of nitrogens with one attached hydrogen (secondary N) is 3. The van der Waals surface area contributed by atoms with Crippen LogP contribution in [-0.4, -0.2) is 45.4 Å². The SMILES string of the molecule is COc1c(Nc2cc(NC(=O)C3CC3)nc3c2NC(C(F)F)N3PI)cccc1-c1ncn(C)n1. The van der Waals surface area contributed by atoms with Crippen LogP contribution >= 0.6 is 28.4 Å². The second-order valence-corrected chi connectivity index (χ2v) is 10.2. The molecule has 1 saturated carbocycles. The first-order valence-electron chi connectivity index (χ1n) is 10.8. The number of carbonyl (C=O) groups is 1. The average molecular weight is 614 g/mol. The number of ether oxygens (including phenoxy) is 1. The summed E-state index contributed by atoms with van der Waals surface area (Å²) >= 11 is 2.05. The van der Waals surface area contributed by atoms with Crippen LogP contribution in [0.1, 0.15) is 12.8 Å². The van der Waals surface area contributed by atoms with E-state index in [9.17, 15) is 13.6 Å². The molecule has 0 saturated heterocycles. The van der Waals surface area contributed by atoms with E-state index in [1.54, 1.807) is 30.2 Å². The van der Waals surface area contributed by atoms with Gasteiger partial charge in [-0.3, -0.25) is 9.48 Å². The molecule has 0 radical (unpaired) electrons. The number of fused-ring (bicyclic) bond motifs is 1. The van der Waals surface area contributed by atoms with E-state index < -0.39 is 12.6 Å². The Hall–Kier alpha value is -2.80. The second kappa shape index (κ2) is 9.69. The number of methoxy groups -OCH3 is 1. The Morgan fingerprint density at radius 1 is 1.34 bits per heavy atom. The Labute approximate surface area is 214 Å². The molecule has 2 unspecified atom stereocenters. The number of amides is 1. The molecule has 5 rings (SSSR count). The van der Waals surface area contributed by atoms with Crippen molar-refractivity contribution in [3.8, 4) is 17.1 Å². The number of carbonyl (C=O) groups excluding carboxylic acids is 1. The number of nitrogens with zero attached hydrogens (tertiary/aromatic N) is 5. The van der Waals surface area contributed by atoms with Crippen LogP contribution in [0.2, 0.25) is 0 Å². The lowest BCUT2D eigenvalue weighted by Crippen LogP contribution is -2.35. The highest BCUT2D eigenvalue weighted by atomic mass is 127. The zero-order valence-electron chi connectivity index (χ0n) is 18.7. The second-order valence-electron chi connectivity index (χ2n) is 8.15. The van der Waals surface area contributed by atoms with Gasteiger partial charge >= 0.3 is 0 Å². The number of alkyl halides is 2. The Balaban J connectivity index is 1.57. The third-order valence-electron chi connectivity index (χ3n) is 5.66. The van der Waals surface area contributed by atoms with Gasteiger partial charge in [-0.2, -0.15) is 5.10 Å². The van der Waals surface area contributed by atoms with Crippen LogP contribution in [0, 0.1) is 5.92 Å². The summed E-state index contributed by atoms with van der Waals surface area (Å²) in [6.07, 6.45) is -0.596. The number of para-hydroxylation sites is 1. The lowest BCUT2D eigenvalue weighted by molar-refractivity contribution is -0.117. The molecule has 1 aliphatic heterocycles. The predicted octanol–water partition coefficient (Wildman–Crippen LogP) is 4.74. The van der Waals surface area contributed by atoms with Gasteiger partial charge in [0, 0.05) is 25.4 Å². The molecule has 3 aromatic rings. The maximum atomic E-state index is 13.8. The van der Waals surface area contributed by atoms with Crippen molar-refractivity contribution in [2.45, 2.75) is 25.4 Å². The van der Waals surface area contributed by atoms with E-state index in [4.69, 9.17) is 4.74 Å². The van der Waals surface area contributed by atoms with Gasteiger partial charge in [0.25, 0.3) is 6.43 Å². The molecule has 2 aromatic heterocycles. The van der Waals surface area contributed by atoms with Gasteiger partial charge in [0.05, 0.1) is 24.0 Å². The van der Waals surface area contributed by atoms with Gasteiger partial charge in [-0.25, -0.2) is 18.7 Å². The smallest absolute Gasteiger partial charge is 0.277 e. The van der Waals surface area contributed by atoms with E-state index >= 15 is 0 Å². The quantitative estimate of drug-likeness (QED) is 0.247. The number of hydrogen-bond acceptors (Lipinski definition) is 8. The molecular formula is C21H22F2IN8O2P. The van der Waals surface area contributed by atoms with Gasteiger partial charge in [0.15, 0.2) is 23.6 Å². The number of hydrogen-bond donors (Lipinski definition) is 3. The predicted molar refractivity (Wildman–Crippen MR) is 140 cm³/mol. The molecule has 14 heteroatoms. The van der Waals surface area contributed by atoms with Gasteiger partial charge < -0.3 is 25.4 Å². The van der Waals surface area contributed by atoms with Crippen molar-refractivity contribution < 1.29 is 18.3 Å². The van der Waals surface area contributed by atoms with Gasteiger partial charge in [-0.1, -0.05) is 6.07 Å². The fourth-order valence-corrected chi connectivity index (χ4v) is 5.95. The molecule has 1 aliphatic carbocycles. The fraction of sp³-hybridized carbons (Fsp3) is 0.333. The molecule has 2 aliphatic rings. The molecule has 35 heavy (non-hydrogen) atoms. The number of aryl methyl sites for hydroxylation is 1. The first-order chi connectivity index (χ1) is 16.9. The maximum Gasteiger partial charge on any atom is 0.277 e. The lowest BCUT2D eigenvalue weighted by Gasteiger charge is -2.22. The van der Waals surface area contributed by atoms with Crippen molar-refractivity contribution in [3.63, 3.8) is 0 Å². The highest BCUT2D eigenvalue weighted by Crippen LogP contribution is 2.50. The largest absolute Gasteiger partial charge is 0.494 e. The highest BCUT2D eigenvalue weighted by molar-refractivity contribution is 14.2. The molecule has 2 atom stereocenters. The summed E-state index contributed by atoms with van der Waals surface area (Å²) < 4.78 is 36.4. The Morgan fingerprint density at radius 3 is 2.77 bits per heavy atom. The normalized spacial score (nSPS) is 17.1. The first-order valence-corrected chi connectivity index (χ1v) is 14.8. The molecular weight excluding hydrogens is 592 g/mol. The van der Waals surface area contributed by atoms with Crippen LogP contribution in [0.5, 0.6) is 5.75 Å². The van der Waals surface area contributed by atoms with Crippen molar-refractivity contribution in [2.75, 3.05) is 27.7 Å². The highest BCUT2D eigenvalue weighted by Gasteiger charge is 2.38. The van der Waals surface area contributed by atoms with Gasteiger partial charge in [-0.05, 0) is 47.0 Å². The molecule has 1 aromatic carbocycles. The zero-order chi connectivity index (χ0) is 24.7. The van der Waals surface area contributed by atoms with Crippen molar-refractivity contribution in [3.05, 3.63) is 30.6 Å². The van der Waals surface area contributed by atoms with E-state index in [-0.39, 0.29) is 18.2 Å². The summed E-state index contributed by atoms with van der Waals surface area (Å²) in [5.41, 5.74) is 2.15. The molecule has 1 amide bonds. The minimum atomic E-state index is -2.64. The van der Waals surface area contributed by atoms with Gasteiger partial charge in [0.2, 0.25) is 5.91 Å². The van der Waals surface area contributed by atoms with Crippen molar-refractivity contribution in [1.29, 1.82) is 0 Å². The number of halogens is 3. The summed E-state index contributed by atoms with van der Waals surface area (Å²) in [6.45, 7) is 0. The minimum Gasteiger partial charge on any atom is -0.494 e. The Morgan fingerprint density at radius 2 is 2.14 bits per heavy atom. The van der Waals surface area contributed by atoms with Crippen LogP contribution in [0.3, 0.4) is 0 Å². The number of anilines is 5. The van der Waals surface area contributed by atoms with E-state index in [0.717, 1.165) is 12.8 Å². The monoisotopic (exact) mass is 614 g/mol. The van der Waals surface area contributed by atoms with Crippen molar-refractivity contribution in [2.24, 2.45) is 13.0 Å². The summed E-state index contributed by atoms with van der Waals surface area (Å²) in [7, 11) is 3.31. The van der Waals surface area contributed by atoms with E-state index in [0.29, 0.717) is 45.8 Å². The minimum absolute atomic E-state index is 0.00925. The molecule has 184 valence electrons. The van der Waals surface area contributed by atoms with E-state index in [1.165, 1.54) is 11.8 Å². The molecule has 3 N–H and O–H groups in total. The topological polar surface area (TPSA) is 109 Å². The molecule has 0 bridgehead atoms. The van der Waals surface area contributed by atoms with Crippen LogP contribution in [0.25, 0.3) is 11.4 Å². The summed E-state index contributed by atoms with van der Waals surface area (Å²) in [6, 6.07) is 7.10. The third-order valence-corrected chi connectivity index (χ3v) is 7.89. The number of rotatable bonds is 8. The van der Waals surface area contributed by atoms with Gasteiger partial charge in [-0.15, -0.1) is 0 Å². The number of benzene rings is 1. The molecule has 3 heterocycles. The standard InChI is InChI=1S/C21H22F2IN8O2P/c1-31-9-25-18(30-31)11-4-3-5-12(16(11)34-2)26-13-8-14(28-21(33)10-6-7-10)27-19-15(13)29-20(17(22)23)32(19)35-24/h3-5,8-10,17,20,29,35H,6-7H2,1-2H3,(H2,26,27,28,33). The van der Waals surface area contributed by atoms with Crippen molar-refractivity contribution in [1.82, 2.24) is 19.7 Å². The zero-order valence-corrected chi connectivity index (χ0v) is 21.9. The summed E-state index contributed by atoms with van der Waals surface area (Å²) in [4.78, 5) is 21.2. The Bertz CT molecular complexity index is 1270. The molecule has 0 spiro atoms. The van der Waals surface area contributed by atoms with Crippen LogP contribution in [0.15, 0.2) is 30.6 Å². The van der Waals surface area contributed by atoms with E-state index in [1.807, 2.05) is 34.2 Å². The van der Waals surface area contributed by atoms with Crippen LogP contribution in [0.4, 0.5) is 37.5 Å². The fourth-order valence-electron chi connectivity index (χ4n) is 3.84. The summed E-state index contributed by atoms with van der Waals surface area (Å²) in [5.74, 6) is 1.46. The molecule has 10 nitrogen and oxygen atoms in total. The third kappa shape index (κ3) is 4.70. The first kappa shape index (κ1) is 23.9. The van der Waals surface area contributed by atoms with Crippen LogP contribution < -0.4 is 25.4 Å². The number of aromatic nitrogens is 4. The maximum absolute atomic E-state index is 13.8. The Kier molecular flexibility index (Phi) is 6.62.